The predicted octanol–water partition coefficient (Wildman–Crippen LogP) is 0.889. The van der Waals surface area contributed by atoms with Crippen molar-refractivity contribution in [1.82, 2.24) is 9.97 Å². The van der Waals surface area contributed by atoms with E-state index in [0.717, 1.165) is 22.5 Å². The third kappa shape index (κ3) is 1.47. The highest BCUT2D eigenvalue weighted by molar-refractivity contribution is 6.01. The van der Waals surface area contributed by atoms with E-state index < -0.39 is 0 Å². The Balaban J connectivity index is 2.09. The predicted molar refractivity (Wildman–Crippen MR) is 64.0 cm³/mol. The number of imidazole rings is 1. The van der Waals surface area contributed by atoms with Gasteiger partial charge in [0.1, 0.15) is 0 Å². The van der Waals surface area contributed by atoms with Gasteiger partial charge in [0.2, 0.25) is 5.91 Å². The summed E-state index contributed by atoms with van der Waals surface area (Å²) >= 11 is 0. The summed E-state index contributed by atoms with van der Waals surface area (Å²) in [5.74, 6) is 0.0970. The summed E-state index contributed by atoms with van der Waals surface area (Å²) in [5, 5.41) is 0. The van der Waals surface area contributed by atoms with Crippen LogP contribution < -0.4 is 10.6 Å². The number of likely N-dealkylation sites (N-methyl/N-ethyl adjacent to an activating group) is 1. The molecule has 17 heavy (non-hydrogen) atoms. The van der Waals surface area contributed by atoms with Crippen LogP contribution in [0.3, 0.4) is 0 Å². The number of hydrogen-bond acceptors (Lipinski definition) is 2. The number of fused-ring (bicyclic) bond motifs is 1. The molecular weight excluding hydrogens is 218 g/mol. The molecule has 0 bridgehead atoms. The summed E-state index contributed by atoms with van der Waals surface area (Å²) < 4.78 is 0. The number of carbonyl (C=O) groups is 1. The highest BCUT2D eigenvalue weighted by atomic mass is 16.2. The molecule has 86 valence electrons. The second kappa shape index (κ2) is 3.35. The Morgan fingerprint density at radius 1 is 1.29 bits per heavy atom. The lowest BCUT2D eigenvalue weighted by molar-refractivity contribution is -0.117. The van der Waals surface area contributed by atoms with Gasteiger partial charge in [-0.3, -0.25) is 4.79 Å². The zero-order valence-electron chi connectivity index (χ0n) is 9.28. The minimum Gasteiger partial charge on any atom is -0.315 e. The fraction of sp³-hybridized carbons (Fsp3) is 0.167. The van der Waals surface area contributed by atoms with E-state index in [1.165, 1.54) is 0 Å². The van der Waals surface area contributed by atoms with Crippen molar-refractivity contribution in [1.29, 1.82) is 0 Å². The zero-order valence-corrected chi connectivity index (χ0v) is 9.28. The lowest BCUT2D eigenvalue weighted by atomic mass is 10.1. The van der Waals surface area contributed by atoms with Gasteiger partial charge in [0.05, 0.1) is 12.1 Å². The van der Waals surface area contributed by atoms with Crippen LogP contribution in [0.25, 0.3) is 11.3 Å². The van der Waals surface area contributed by atoms with Crippen molar-refractivity contribution in [2.45, 2.75) is 6.42 Å². The number of benzene rings is 1. The van der Waals surface area contributed by atoms with Gasteiger partial charge in [-0.2, -0.15) is 0 Å². The van der Waals surface area contributed by atoms with Gasteiger partial charge in [0.25, 0.3) is 0 Å². The minimum atomic E-state index is -0.228. The summed E-state index contributed by atoms with van der Waals surface area (Å²) in [6, 6.07) is 5.74. The Labute approximate surface area is 97.1 Å². The van der Waals surface area contributed by atoms with Crippen molar-refractivity contribution < 1.29 is 4.79 Å². The SMILES string of the molecule is CN1C(=O)Cc2cc(-c3c[nH]c(=O)[nH]3)ccc21. The standard InChI is InChI=1S/C12H11N3O2/c1-15-10-3-2-7(4-8(10)5-11(15)16)9-6-13-12(17)14-9/h2-4,6H,5H2,1H3,(H2,13,14,17). The van der Waals surface area contributed by atoms with Crippen LogP contribution in [0.15, 0.2) is 29.2 Å². The van der Waals surface area contributed by atoms with Crippen LogP contribution in [-0.4, -0.2) is 22.9 Å². The Bertz CT molecular complexity index is 654. The zero-order chi connectivity index (χ0) is 12.0. The Hall–Kier alpha value is -2.30. The second-order valence-electron chi connectivity index (χ2n) is 4.13. The maximum atomic E-state index is 11.5. The highest BCUT2D eigenvalue weighted by Gasteiger charge is 2.24. The van der Waals surface area contributed by atoms with Crippen LogP contribution in [0.1, 0.15) is 5.56 Å². The number of anilines is 1. The summed E-state index contributed by atoms with van der Waals surface area (Å²) in [4.78, 5) is 29.5. The van der Waals surface area contributed by atoms with Crippen molar-refractivity contribution in [3.8, 4) is 11.3 Å². The van der Waals surface area contributed by atoms with Gasteiger partial charge in [-0.15, -0.1) is 0 Å². The summed E-state index contributed by atoms with van der Waals surface area (Å²) in [6.07, 6.45) is 2.05. The van der Waals surface area contributed by atoms with Gasteiger partial charge in [-0.1, -0.05) is 6.07 Å². The lowest BCUT2D eigenvalue weighted by Crippen LogP contribution is -2.20. The van der Waals surface area contributed by atoms with E-state index in [4.69, 9.17) is 0 Å². The monoisotopic (exact) mass is 229 g/mol. The van der Waals surface area contributed by atoms with Gasteiger partial charge in [-0.25, -0.2) is 4.79 Å². The number of aromatic amines is 2. The molecule has 1 aromatic heterocycles. The van der Waals surface area contributed by atoms with E-state index in [9.17, 15) is 9.59 Å². The van der Waals surface area contributed by atoms with Crippen molar-refractivity contribution in [3.63, 3.8) is 0 Å². The molecule has 0 fully saturated rings. The van der Waals surface area contributed by atoms with E-state index in [1.54, 1.807) is 18.1 Å². The normalized spacial score (nSPS) is 14.2. The van der Waals surface area contributed by atoms with Gasteiger partial charge < -0.3 is 14.9 Å². The molecule has 0 atom stereocenters. The van der Waals surface area contributed by atoms with Crippen molar-refractivity contribution in [2.24, 2.45) is 0 Å². The van der Waals surface area contributed by atoms with Crippen molar-refractivity contribution in [2.75, 3.05) is 11.9 Å². The van der Waals surface area contributed by atoms with E-state index in [-0.39, 0.29) is 11.6 Å². The van der Waals surface area contributed by atoms with Crippen LogP contribution >= 0.6 is 0 Å². The first kappa shape index (κ1) is 9.89. The van der Waals surface area contributed by atoms with Crippen LogP contribution in [-0.2, 0) is 11.2 Å². The summed E-state index contributed by atoms with van der Waals surface area (Å²) in [5.41, 5.74) is 3.35. The molecule has 0 spiro atoms. The highest BCUT2D eigenvalue weighted by Crippen LogP contribution is 2.30. The smallest absolute Gasteiger partial charge is 0.315 e. The molecule has 0 aliphatic carbocycles. The number of H-pyrrole nitrogens is 2. The molecule has 2 N–H and O–H groups in total. The Morgan fingerprint density at radius 2 is 2.12 bits per heavy atom. The van der Waals surface area contributed by atoms with Crippen LogP contribution in [0.4, 0.5) is 5.69 Å². The van der Waals surface area contributed by atoms with E-state index in [0.29, 0.717) is 6.42 Å². The number of nitrogens with one attached hydrogen (secondary N) is 2. The third-order valence-electron chi connectivity index (χ3n) is 3.06. The number of rotatable bonds is 1. The number of hydrogen-bond donors (Lipinski definition) is 2. The van der Waals surface area contributed by atoms with Gasteiger partial charge in [0.15, 0.2) is 0 Å². The van der Waals surface area contributed by atoms with E-state index >= 15 is 0 Å². The van der Waals surface area contributed by atoms with Crippen molar-refractivity contribution >= 4 is 11.6 Å². The summed E-state index contributed by atoms with van der Waals surface area (Å²) in [7, 11) is 1.77. The number of aromatic nitrogens is 2. The third-order valence-corrected chi connectivity index (χ3v) is 3.06. The molecule has 3 rings (SSSR count). The molecule has 1 amide bonds. The van der Waals surface area contributed by atoms with E-state index in [1.807, 2.05) is 18.2 Å². The first-order valence-electron chi connectivity index (χ1n) is 5.33. The molecule has 0 radical (unpaired) electrons. The van der Waals surface area contributed by atoms with Gasteiger partial charge in [0, 0.05) is 18.9 Å². The molecule has 5 nitrogen and oxygen atoms in total. The molecular formula is C12H11N3O2. The van der Waals surface area contributed by atoms with Crippen LogP contribution in [0.2, 0.25) is 0 Å². The lowest BCUT2D eigenvalue weighted by Gasteiger charge is -2.09. The topological polar surface area (TPSA) is 69.0 Å². The molecule has 5 heteroatoms. The largest absolute Gasteiger partial charge is 0.323 e. The second-order valence-corrected chi connectivity index (χ2v) is 4.13. The van der Waals surface area contributed by atoms with Gasteiger partial charge in [-0.05, 0) is 23.3 Å². The molecule has 0 saturated heterocycles. The molecule has 0 unspecified atom stereocenters. The molecule has 0 saturated carbocycles. The van der Waals surface area contributed by atoms with Crippen LogP contribution in [0.5, 0.6) is 0 Å². The number of amides is 1. The summed E-state index contributed by atoms with van der Waals surface area (Å²) in [6.45, 7) is 0. The minimum absolute atomic E-state index is 0.0970. The van der Waals surface area contributed by atoms with Crippen molar-refractivity contribution in [3.05, 3.63) is 40.4 Å². The molecule has 1 aliphatic heterocycles. The molecule has 1 aromatic carbocycles. The average Bonchev–Trinajstić information content (AvgIpc) is 2.85. The van der Waals surface area contributed by atoms with Crippen LogP contribution in [0, 0.1) is 0 Å². The first-order valence-corrected chi connectivity index (χ1v) is 5.33. The molecule has 2 heterocycles. The maximum Gasteiger partial charge on any atom is 0.323 e. The average molecular weight is 229 g/mol. The Morgan fingerprint density at radius 3 is 2.82 bits per heavy atom. The fourth-order valence-corrected chi connectivity index (χ4v) is 2.13. The quantitative estimate of drug-likeness (QED) is 0.762. The van der Waals surface area contributed by atoms with Gasteiger partial charge >= 0.3 is 5.69 Å². The molecule has 2 aromatic rings. The first-order chi connectivity index (χ1) is 8.15. The number of carbonyl (C=O) groups excluding carboxylic acids is 1. The maximum absolute atomic E-state index is 11.5. The molecule has 1 aliphatic rings. The van der Waals surface area contributed by atoms with E-state index in [2.05, 4.69) is 9.97 Å². The number of nitrogens with zero attached hydrogens (tertiary/aromatic N) is 1. The fourth-order valence-electron chi connectivity index (χ4n) is 2.13. The Kier molecular flexibility index (Phi) is 1.95.